The number of carbonyl (C=O) groups is 1. The predicted octanol–water partition coefficient (Wildman–Crippen LogP) is 2.57. The molecule has 1 aromatic rings. The van der Waals surface area contributed by atoms with Gasteiger partial charge in [0.15, 0.2) is 0 Å². The Morgan fingerprint density at radius 3 is 2.50 bits per heavy atom. The molecular weight excluding hydrogens is 242 g/mol. The van der Waals surface area contributed by atoms with Gasteiger partial charge in [-0.15, -0.1) is 0 Å². The van der Waals surface area contributed by atoms with E-state index in [0.717, 1.165) is 18.2 Å². The van der Waals surface area contributed by atoms with Gasteiger partial charge in [-0.2, -0.15) is 0 Å². The third kappa shape index (κ3) is 3.24. The number of ether oxygens (including phenoxy) is 1. The molecular formula is C13H12F2O3. The number of rotatable bonds is 4. The second-order valence-electron chi connectivity index (χ2n) is 3.48. The molecule has 0 spiro atoms. The average Bonchev–Trinajstić information content (AvgIpc) is 2.28. The van der Waals surface area contributed by atoms with E-state index < -0.39 is 23.2 Å². The number of aliphatic hydroxyl groups excluding tert-OH is 1. The summed E-state index contributed by atoms with van der Waals surface area (Å²) in [5.74, 6) is -3.24. The van der Waals surface area contributed by atoms with E-state index in [0.29, 0.717) is 5.57 Å². The molecule has 96 valence electrons. The highest BCUT2D eigenvalue weighted by Crippen LogP contribution is 2.17. The lowest BCUT2D eigenvalue weighted by atomic mass is 10.2. The van der Waals surface area contributed by atoms with E-state index >= 15 is 0 Å². The lowest BCUT2D eigenvalue weighted by Crippen LogP contribution is -2.10. The lowest BCUT2D eigenvalue weighted by Gasteiger charge is -2.08. The van der Waals surface area contributed by atoms with Gasteiger partial charge in [0, 0.05) is 0 Å². The van der Waals surface area contributed by atoms with Crippen LogP contribution in [0.3, 0.4) is 0 Å². The maximum Gasteiger partial charge on any atom is 0.349 e. The molecule has 0 fully saturated rings. The van der Waals surface area contributed by atoms with Crippen molar-refractivity contribution in [2.45, 2.75) is 6.92 Å². The predicted molar refractivity (Wildman–Crippen MR) is 61.8 cm³/mol. The Kier molecular flexibility index (Phi) is 4.74. The molecule has 5 heteroatoms. The van der Waals surface area contributed by atoms with Crippen molar-refractivity contribution in [1.29, 1.82) is 0 Å². The van der Waals surface area contributed by atoms with Crippen LogP contribution in [0.1, 0.15) is 17.3 Å². The Balaban J connectivity index is 2.90. The Bertz CT molecular complexity index is 487. The first kappa shape index (κ1) is 14.1. The van der Waals surface area contributed by atoms with E-state index in [1.54, 1.807) is 6.92 Å². The summed E-state index contributed by atoms with van der Waals surface area (Å²) >= 11 is 0. The van der Waals surface area contributed by atoms with Gasteiger partial charge in [0.1, 0.15) is 23.0 Å². The second kappa shape index (κ2) is 6.07. The number of esters is 1. The molecule has 0 heterocycles. The number of allylic oxidation sites excluding steroid dienone is 1. The van der Waals surface area contributed by atoms with E-state index in [4.69, 9.17) is 9.84 Å². The highest BCUT2D eigenvalue weighted by Gasteiger charge is 2.19. The molecule has 0 bridgehead atoms. The molecule has 0 aliphatic carbocycles. The van der Waals surface area contributed by atoms with Crippen molar-refractivity contribution in [2.75, 3.05) is 6.61 Å². The molecule has 0 saturated carbocycles. The van der Waals surface area contributed by atoms with Crippen LogP contribution in [0.15, 0.2) is 42.2 Å². The van der Waals surface area contributed by atoms with Crippen LogP contribution in [0, 0.1) is 11.6 Å². The Hall–Kier alpha value is -2.01. The van der Waals surface area contributed by atoms with Gasteiger partial charge >= 0.3 is 5.97 Å². The van der Waals surface area contributed by atoms with Crippen LogP contribution in [-0.2, 0) is 4.74 Å². The molecule has 0 radical (unpaired) electrons. The van der Waals surface area contributed by atoms with Crippen LogP contribution in [0.4, 0.5) is 8.78 Å². The van der Waals surface area contributed by atoms with E-state index in [2.05, 4.69) is 6.58 Å². The zero-order valence-electron chi connectivity index (χ0n) is 9.74. The van der Waals surface area contributed by atoms with Crippen LogP contribution in [-0.4, -0.2) is 17.7 Å². The molecule has 0 unspecified atom stereocenters. The van der Waals surface area contributed by atoms with Crippen LogP contribution >= 0.6 is 0 Å². The first-order chi connectivity index (χ1) is 8.47. The topological polar surface area (TPSA) is 46.5 Å². The van der Waals surface area contributed by atoms with Gasteiger partial charge in [-0.1, -0.05) is 18.7 Å². The van der Waals surface area contributed by atoms with Crippen LogP contribution in [0.25, 0.3) is 0 Å². The summed E-state index contributed by atoms with van der Waals surface area (Å²) in [7, 11) is 0. The van der Waals surface area contributed by atoms with Gasteiger partial charge in [0.25, 0.3) is 0 Å². The van der Waals surface area contributed by atoms with Gasteiger partial charge in [-0.05, 0) is 24.6 Å². The molecule has 18 heavy (non-hydrogen) atoms. The van der Waals surface area contributed by atoms with Crippen LogP contribution in [0.5, 0.6) is 0 Å². The first-order valence-corrected chi connectivity index (χ1v) is 5.10. The third-order valence-electron chi connectivity index (χ3n) is 2.22. The summed E-state index contributed by atoms with van der Waals surface area (Å²) in [6, 6.07) is 3.06. The maximum absolute atomic E-state index is 13.3. The normalized spacial score (nSPS) is 11.2. The van der Waals surface area contributed by atoms with Gasteiger partial charge in [-0.3, -0.25) is 0 Å². The molecule has 0 aliphatic heterocycles. The fourth-order valence-corrected chi connectivity index (χ4v) is 1.19. The van der Waals surface area contributed by atoms with E-state index in [-0.39, 0.29) is 12.4 Å². The summed E-state index contributed by atoms with van der Waals surface area (Å²) in [5.41, 5.74) is -0.363. The summed E-state index contributed by atoms with van der Waals surface area (Å²) in [6.45, 7) is 4.72. The van der Waals surface area contributed by atoms with Crippen LogP contribution in [0.2, 0.25) is 0 Å². The van der Waals surface area contributed by atoms with Gasteiger partial charge in [0.05, 0.1) is 6.61 Å². The van der Waals surface area contributed by atoms with Gasteiger partial charge in [0.2, 0.25) is 0 Å². The van der Waals surface area contributed by atoms with Crippen molar-refractivity contribution in [1.82, 2.24) is 0 Å². The summed E-state index contributed by atoms with van der Waals surface area (Å²) in [5, 5.41) is 8.65. The average molecular weight is 254 g/mol. The Morgan fingerprint density at radius 1 is 1.44 bits per heavy atom. The van der Waals surface area contributed by atoms with Crippen molar-refractivity contribution in [2.24, 2.45) is 0 Å². The van der Waals surface area contributed by atoms with E-state index in [9.17, 15) is 13.6 Å². The number of hydrogen-bond acceptors (Lipinski definition) is 3. The zero-order chi connectivity index (χ0) is 13.7. The monoisotopic (exact) mass is 254 g/mol. The van der Waals surface area contributed by atoms with Crippen molar-refractivity contribution >= 4 is 5.97 Å². The maximum atomic E-state index is 13.3. The number of halogens is 2. The van der Waals surface area contributed by atoms with Gasteiger partial charge in [-0.25, -0.2) is 13.6 Å². The molecule has 1 aromatic carbocycles. The Labute approximate surface area is 103 Å². The largest absolute Gasteiger partial charge is 0.423 e. The van der Waals surface area contributed by atoms with Crippen LogP contribution < -0.4 is 0 Å². The minimum Gasteiger partial charge on any atom is -0.423 e. The van der Waals surface area contributed by atoms with E-state index in [1.165, 1.54) is 6.08 Å². The quantitative estimate of drug-likeness (QED) is 0.510. The Morgan fingerprint density at radius 2 is 2.00 bits per heavy atom. The van der Waals surface area contributed by atoms with Crippen molar-refractivity contribution in [3.05, 3.63) is 59.4 Å². The molecule has 0 saturated heterocycles. The smallest absolute Gasteiger partial charge is 0.349 e. The number of hydrogen-bond donors (Lipinski definition) is 1. The fourth-order valence-electron chi connectivity index (χ4n) is 1.19. The van der Waals surface area contributed by atoms with E-state index in [1.807, 2.05) is 0 Å². The summed E-state index contributed by atoms with van der Waals surface area (Å²) in [6.07, 6.45) is 1.35. The number of benzene rings is 1. The standard InChI is InChI=1S/C13H12F2O3/c1-8(6-7-16)9(2)18-13(17)12-10(14)4-3-5-11(12)15/h3-6,16H,2,7H2,1H3/b8-6+. The minimum absolute atomic E-state index is 0.0725. The van der Waals surface area contributed by atoms with Gasteiger partial charge < -0.3 is 9.84 Å². The fraction of sp³-hybridized carbons (Fsp3) is 0.154. The summed E-state index contributed by atoms with van der Waals surface area (Å²) in [4.78, 5) is 11.6. The van der Waals surface area contributed by atoms with Crippen molar-refractivity contribution < 1.29 is 23.4 Å². The number of aliphatic hydroxyl groups is 1. The highest BCUT2D eigenvalue weighted by atomic mass is 19.1. The van der Waals surface area contributed by atoms with Crippen molar-refractivity contribution in [3.63, 3.8) is 0 Å². The SMILES string of the molecule is C=C(OC(=O)c1c(F)cccc1F)/C(C)=C/CO. The zero-order valence-corrected chi connectivity index (χ0v) is 9.74. The molecule has 0 atom stereocenters. The molecule has 3 nitrogen and oxygen atoms in total. The first-order valence-electron chi connectivity index (χ1n) is 5.10. The molecule has 0 aliphatic rings. The highest BCUT2D eigenvalue weighted by molar-refractivity contribution is 5.90. The third-order valence-corrected chi connectivity index (χ3v) is 2.22. The molecule has 1 N–H and O–H groups in total. The summed E-state index contributed by atoms with van der Waals surface area (Å²) < 4.78 is 31.3. The second-order valence-corrected chi connectivity index (χ2v) is 3.48. The lowest BCUT2D eigenvalue weighted by molar-refractivity contribution is 0.0623. The minimum atomic E-state index is -1.17. The molecule has 0 aromatic heterocycles. The van der Waals surface area contributed by atoms with Crippen molar-refractivity contribution in [3.8, 4) is 0 Å². The molecule has 0 amide bonds. The number of carbonyl (C=O) groups excluding carboxylic acids is 1. The molecule has 1 rings (SSSR count).